The van der Waals surface area contributed by atoms with Gasteiger partial charge in [-0.1, -0.05) is 30.3 Å². The van der Waals surface area contributed by atoms with Gasteiger partial charge >= 0.3 is 0 Å². The number of methoxy groups -OCH3 is 1. The Morgan fingerprint density at radius 3 is 2.88 bits per heavy atom. The van der Waals surface area contributed by atoms with E-state index in [1.807, 2.05) is 30.0 Å². The quantitative estimate of drug-likeness (QED) is 0.820. The molecule has 0 aromatic heterocycles. The standard InChI is InChI=1S/C13H16O3S/c1-14-13-12-11(10(16-13)8-17-12)15-7-9-5-3-2-4-6-9/h2-6,10-13H,7-8H2,1H3/t10-,11?,12-,13?/m1/s1. The van der Waals surface area contributed by atoms with E-state index in [4.69, 9.17) is 14.2 Å². The molecule has 0 saturated carbocycles. The maximum Gasteiger partial charge on any atom is 0.172 e. The van der Waals surface area contributed by atoms with Gasteiger partial charge in [0.25, 0.3) is 0 Å². The van der Waals surface area contributed by atoms with E-state index in [0.717, 1.165) is 5.75 Å². The second kappa shape index (κ2) is 4.98. The molecule has 0 amide bonds. The molecule has 2 aliphatic rings. The molecular formula is C13H16O3S. The summed E-state index contributed by atoms with van der Waals surface area (Å²) < 4.78 is 17.0. The molecule has 0 spiro atoms. The molecule has 1 aromatic carbocycles. The van der Waals surface area contributed by atoms with Crippen LogP contribution in [0.4, 0.5) is 0 Å². The lowest BCUT2D eigenvalue weighted by molar-refractivity contribution is -0.115. The normalized spacial score (nSPS) is 35.4. The van der Waals surface area contributed by atoms with Crippen LogP contribution in [0.2, 0.25) is 0 Å². The van der Waals surface area contributed by atoms with E-state index in [2.05, 4.69) is 12.1 Å². The largest absolute Gasteiger partial charge is 0.369 e. The van der Waals surface area contributed by atoms with Gasteiger partial charge in [0, 0.05) is 12.9 Å². The van der Waals surface area contributed by atoms with E-state index in [1.54, 1.807) is 7.11 Å². The lowest BCUT2D eigenvalue weighted by atomic mass is 10.2. The molecule has 2 saturated heterocycles. The Labute approximate surface area is 105 Å². The average molecular weight is 252 g/mol. The SMILES string of the molecule is COC1O[C@@H]2CS[C@@H]1C2OCc1ccccc1. The van der Waals surface area contributed by atoms with Crippen molar-refractivity contribution in [1.29, 1.82) is 0 Å². The number of ether oxygens (including phenoxy) is 3. The molecule has 2 fully saturated rings. The van der Waals surface area contributed by atoms with Crippen LogP contribution in [-0.4, -0.2) is 36.6 Å². The van der Waals surface area contributed by atoms with Crippen LogP contribution in [0, 0.1) is 0 Å². The van der Waals surface area contributed by atoms with E-state index < -0.39 is 0 Å². The van der Waals surface area contributed by atoms with Gasteiger partial charge in [0.2, 0.25) is 0 Å². The van der Waals surface area contributed by atoms with Crippen molar-refractivity contribution in [1.82, 2.24) is 0 Å². The van der Waals surface area contributed by atoms with E-state index in [1.165, 1.54) is 5.56 Å². The van der Waals surface area contributed by atoms with Crippen molar-refractivity contribution in [3.05, 3.63) is 35.9 Å². The van der Waals surface area contributed by atoms with Crippen molar-refractivity contribution < 1.29 is 14.2 Å². The first-order valence-electron chi connectivity index (χ1n) is 5.84. The van der Waals surface area contributed by atoms with E-state index in [-0.39, 0.29) is 18.5 Å². The molecule has 2 bridgehead atoms. The molecule has 17 heavy (non-hydrogen) atoms. The summed E-state index contributed by atoms with van der Waals surface area (Å²) in [7, 11) is 1.69. The second-order valence-corrected chi connectivity index (χ2v) is 5.55. The van der Waals surface area contributed by atoms with Crippen molar-refractivity contribution in [3.8, 4) is 0 Å². The first-order valence-corrected chi connectivity index (χ1v) is 6.89. The van der Waals surface area contributed by atoms with Gasteiger partial charge in [0.1, 0.15) is 6.10 Å². The summed E-state index contributed by atoms with van der Waals surface area (Å²) in [6.45, 7) is 0.652. The number of rotatable bonds is 4. The van der Waals surface area contributed by atoms with Gasteiger partial charge in [-0.15, -0.1) is 11.8 Å². The van der Waals surface area contributed by atoms with E-state index in [0.29, 0.717) is 11.9 Å². The van der Waals surface area contributed by atoms with Gasteiger partial charge in [-0.3, -0.25) is 0 Å². The van der Waals surface area contributed by atoms with Crippen molar-refractivity contribution in [3.63, 3.8) is 0 Å². The number of hydrogen-bond donors (Lipinski definition) is 0. The predicted octanol–water partition coefficient (Wildman–Crippen LogP) is 2.06. The highest BCUT2D eigenvalue weighted by atomic mass is 32.2. The molecule has 3 nitrogen and oxygen atoms in total. The average Bonchev–Trinajstić information content (AvgIpc) is 2.94. The fourth-order valence-corrected chi connectivity index (χ4v) is 3.82. The molecule has 0 aliphatic carbocycles. The molecule has 0 radical (unpaired) electrons. The molecule has 2 heterocycles. The molecule has 2 aliphatic heterocycles. The molecule has 92 valence electrons. The Morgan fingerprint density at radius 1 is 1.35 bits per heavy atom. The van der Waals surface area contributed by atoms with Crippen LogP contribution in [0.15, 0.2) is 30.3 Å². The highest BCUT2D eigenvalue weighted by Gasteiger charge is 2.51. The predicted molar refractivity (Wildman–Crippen MR) is 66.9 cm³/mol. The molecule has 2 unspecified atom stereocenters. The van der Waals surface area contributed by atoms with Crippen molar-refractivity contribution in [2.24, 2.45) is 0 Å². The van der Waals surface area contributed by atoms with Crippen molar-refractivity contribution >= 4 is 11.8 Å². The number of fused-ring (bicyclic) bond motifs is 2. The van der Waals surface area contributed by atoms with Crippen molar-refractivity contribution in [2.45, 2.75) is 30.4 Å². The van der Waals surface area contributed by atoms with E-state index in [9.17, 15) is 0 Å². The zero-order chi connectivity index (χ0) is 11.7. The summed E-state index contributed by atoms with van der Waals surface area (Å²) in [6.07, 6.45) is 0.267. The maximum atomic E-state index is 5.98. The second-order valence-electron chi connectivity index (χ2n) is 4.34. The molecule has 4 atom stereocenters. The maximum absolute atomic E-state index is 5.98. The Hall–Kier alpha value is -0.550. The Balaban J connectivity index is 1.60. The molecule has 4 heteroatoms. The summed E-state index contributed by atoms with van der Waals surface area (Å²) in [5.41, 5.74) is 1.21. The van der Waals surface area contributed by atoms with Gasteiger partial charge < -0.3 is 14.2 Å². The molecule has 1 aromatic rings. The third kappa shape index (κ3) is 2.22. The first kappa shape index (κ1) is 11.5. The van der Waals surface area contributed by atoms with Crippen molar-refractivity contribution in [2.75, 3.05) is 12.9 Å². The Morgan fingerprint density at radius 2 is 2.18 bits per heavy atom. The van der Waals surface area contributed by atoms with Gasteiger partial charge in [-0.05, 0) is 5.56 Å². The fraction of sp³-hybridized carbons (Fsp3) is 0.538. The Bertz CT molecular complexity index is 370. The van der Waals surface area contributed by atoms with Gasteiger partial charge in [0.05, 0.1) is 18.0 Å². The third-order valence-corrected chi connectivity index (χ3v) is 4.63. The van der Waals surface area contributed by atoms with Crippen LogP contribution in [0.25, 0.3) is 0 Å². The molecule has 0 N–H and O–H groups in total. The lowest BCUT2D eigenvalue weighted by Crippen LogP contribution is -2.28. The van der Waals surface area contributed by atoms with Crippen LogP contribution >= 0.6 is 11.8 Å². The summed E-state index contributed by atoms with van der Waals surface area (Å²) in [5.74, 6) is 1.02. The smallest absolute Gasteiger partial charge is 0.172 e. The monoisotopic (exact) mass is 252 g/mol. The topological polar surface area (TPSA) is 27.7 Å². The minimum atomic E-state index is -0.0977. The minimum absolute atomic E-state index is 0.0977. The van der Waals surface area contributed by atoms with Crippen LogP contribution in [0.1, 0.15) is 5.56 Å². The van der Waals surface area contributed by atoms with Gasteiger partial charge in [0.15, 0.2) is 6.29 Å². The van der Waals surface area contributed by atoms with Crippen LogP contribution in [0.5, 0.6) is 0 Å². The lowest BCUT2D eigenvalue weighted by Gasteiger charge is -2.19. The number of thioether (sulfide) groups is 1. The van der Waals surface area contributed by atoms with Crippen LogP contribution in [-0.2, 0) is 20.8 Å². The first-order chi connectivity index (χ1) is 8.38. The molecular weight excluding hydrogens is 236 g/mol. The third-order valence-electron chi connectivity index (χ3n) is 3.24. The zero-order valence-electron chi connectivity index (χ0n) is 9.74. The molecule has 3 rings (SSSR count). The highest BCUT2D eigenvalue weighted by molar-refractivity contribution is 8.00. The van der Waals surface area contributed by atoms with Gasteiger partial charge in [-0.2, -0.15) is 0 Å². The summed E-state index contributed by atoms with van der Waals surface area (Å²) in [4.78, 5) is 0. The fourth-order valence-electron chi connectivity index (χ4n) is 2.37. The number of benzene rings is 1. The minimum Gasteiger partial charge on any atom is -0.369 e. The number of hydrogen-bond acceptors (Lipinski definition) is 4. The zero-order valence-corrected chi connectivity index (χ0v) is 10.6. The van der Waals surface area contributed by atoms with Crippen LogP contribution < -0.4 is 0 Å². The highest BCUT2D eigenvalue weighted by Crippen LogP contribution is 2.42. The summed E-state index contributed by atoms with van der Waals surface area (Å²) in [6, 6.07) is 10.2. The Kier molecular flexibility index (Phi) is 3.38. The van der Waals surface area contributed by atoms with E-state index >= 15 is 0 Å². The van der Waals surface area contributed by atoms with Gasteiger partial charge in [-0.25, -0.2) is 0 Å². The van der Waals surface area contributed by atoms with Crippen LogP contribution in [0.3, 0.4) is 0 Å². The summed E-state index contributed by atoms with van der Waals surface area (Å²) in [5, 5.41) is 0.328. The summed E-state index contributed by atoms with van der Waals surface area (Å²) >= 11 is 1.89.